The van der Waals surface area contributed by atoms with Gasteiger partial charge in [0.1, 0.15) is 0 Å². The number of nitrogens with zero attached hydrogens (tertiary/aromatic N) is 2. The fraction of sp³-hybridized carbons (Fsp3) is 0.375. The van der Waals surface area contributed by atoms with E-state index in [0.717, 1.165) is 30.8 Å². The number of carbonyl (C=O) groups excluding carboxylic acids is 1. The molecule has 2 aromatic rings. The van der Waals surface area contributed by atoms with Crippen LogP contribution in [0.1, 0.15) is 19.8 Å². The van der Waals surface area contributed by atoms with Gasteiger partial charge < -0.3 is 10.6 Å². The van der Waals surface area contributed by atoms with Crippen LogP contribution in [0.3, 0.4) is 0 Å². The Hall–Kier alpha value is -2.14. The molecule has 0 radical (unpaired) electrons. The molecule has 21 heavy (non-hydrogen) atoms. The van der Waals surface area contributed by atoms with Crippen molar-refractivity contribution in [3.63, 3.8) is 0 Å². The van der Waals surface area contributed by atoms with Gasteiger partial charge >= 0.3 is 0 Å². The monoisotopic (exact) mass is 284 g/mol. The maximum absolute atomic E-state index is 12.3. The third-order valence-electron chi connectivity index (χ3n) is 3.90. The molecular formula is C16H20N4O. The quantitative estimate of drug-likeness (QED) is 0.908. The zero-order valence-corrected chi connectivity index (χ0v) is 12.1. The molecule has 110 valence electrons. The molecule has 5 nitrogen and oxygen atoms in total. The first-order valence-corrected chi connectivity index (χ1v) is 7.37. The van der Waals surface area contributed by atoms with Crippen molar-refractivity contribution < 1.29 is 4.79 Å². The van der Waals surface area contributed by atoms with Gasteiger partial charge in [0, 0.05) is 30.0 Å². The summed E-state index contributed by atoms with van der Waals surface area (Å²) in [6, 6.07) is 10.0. The van der Waals surface area contributed by atoms with Gasteiger partial charge in [0.05, 0.1) is 5.69 Å². The summed E-state index contributed by atoms with van der Waals surface area (Å²) in [6.07, 6.45) is 5.44. The van der Waals surface area contributed by atoms with Crippen LogP contribution in [0.2, 0.25) is 0 Å². The summed E-state index contributed by atoms with van der Waals surface area (Å²) in [4.78, 5) is 12.3. The Balaban J connectivity index is 1.63. The fourth-order valence-electron chi connectivity index (χ4n) is 2.73. The van der Waals surface area contributed by atoms with Crippen molar-refractivity contribution >= 4 is 11.6 Å². The summed E-state index contributed by atoms with van der Waals surface area (Å²) in [5, 5.41) is 10.6. The van der Waals surface area contributed by atoms with E-state index < -0.39 is 0 Å². The van der Waals surface area contributed by atoms with Gasteiger partial charge in [0.15, 0.2) is 0 Å². The molecule has 1 aliphatic heterocycles. The molecule has 1 aromatic heterocycles. The summed E-state index contributed by atoms with van der Waals surface area (Å²) >= 11 is 0. The van der Waals surface area contributed by atoms with Gasteiger partial charge in [-0.2, -0.15) is 5.10 Å². The average Bonchev–Trinajstić information content (AvgIpc) is 3.02. The number of nitrogens with one attached hydrogen (secondary N) is 2. The normalized spacial score (nSPS) is 22.0. The van der Waals surface area contributed by atoms with Crippen LogP contribution in [-0.2, 0) is 4.79 Å². The number of hydrogen-bond acceptors (Lipinski definition) is 3. The number of rotatable bonds is 3. The summed E-state index contributed by atoms with van der Waals surface area (Å²) in [6.45, 7) is 3.04. The lowest BCUT2D eigenvalue weighted by molar-refractivity contribution is -0.120. The van der Waals surface area contributed by atoms with Gasteiger partial charge in [-0.05, 0) is 56.6 Å². The molecule has 1 fully saturated rings. The van der Waals surface area contributed by atoms with Crippen LogP contribution in [0.4, 0.5) is 5.69 Å². The van der Waals surface area contributed by atoms with Gasteiger partial charge in [-0.1, -0.05) is 0 Å². The minimum Gasteiger partial charge on any atom is -0.326 e. The molecule has 1 aliphatic rings. The topological polar surface area (TPSA) is 59.0 Å². The number of piperidine rings is 1. The molecular weight excluding hydrogens is 264 g/mol. The van der Waals surface area contributed by atoms with Gasteiger partial charge in [-0.25, -0.2) is 4.68 Å². The lowest BCUT2D eigenvalue weighted by Crippen LogP contribution is -2.40. The molecule has 2 heterocycles. The van der Waals surface area contributed by atoms with E-state index in [0.29, 0.717) is 6.04 Å². The van der Waals surface area contributed by atoms with Crippen LogP contribution in [0.5, 0.6) is 0 Å². The molecule has 1 aromatic carbocycles. The second kappa shape index (κ2) is 6.10. The molecule has 2 N–H and O–H groups in total. The Bertz CT molecular complexity index is 591. The SMILES string of the molecule is CC1CC(C(=O)Nc2ccc(-n3cccn3)cc2)CCN1. The molecule has 1 amide bonds. The first kappa shape index (κ1) is 13.8. The lowest BCUT2D eigenvalue weighted by Gasteiger charge is -2.27. The maximum atomic E-state index is 12.3. The first-order chi connectivity index (χ1) is 10.2. The summed E-state index contributed by atoms with van der Waals surface area (Å²) in [7, 11) is 0. The highest BCUT2D eigenvalue weighted by Gasteiger charge is 2.24. The molecule has 0 aliphatic carbocycles. The van der Waals surface area contributed by atoms with E-state index in [2.05, 4.69) is 22.7 Å². The number of carbonyl (C=O) groups is 1. The minimum absolute atomic E-state index is 0.104. The Morgan fingerprint density at radius 3 is 2.86 bits per heavy atom. The van der Waals surface area contributed by atoms with E-state index in [-0.39, 0.29) is 11.8 Å². The molecule has 2 atom stereocenters. The number of aromatic nitrogens is 2. The zero-order valence-electron chi connectivity index (χ0n) is 12.1. The van der Waals surface area contributed by atoms with E-state index in [1.54, 1.807) is 10.9 Å². The van der Waals surface area contributed by atoms with E-state index >= 15 is 0 Å². The molecule has 0 spiro atoms. The average molecular weight is 284 g/mol. The van der Waals surface area contributed by atoms with E-state index in [9.17, 15) is 4.79 Å². The number of amides is 1. The van der Waals surface area contributed by atoms with Gasteiger partial charge in [0.25, 0.3) is 0 Å². The Labute approximate surface area is 124 Å². The predicted octanol–water partition coefficient (Wildman–Crippen LogP) is 2.20. The van der Waals surface area contributed by atoms with E-state index in [1.165, 1.54) is 0 Å². The zero-order chi connectivity index (χ0) is 14.7. The van der Waals surface area contributed by atoms with E-state index in [4.69, 9.17) is 0 Å². The van der Waals surface area contributed by atoms with Gasteiger partial charge in [-0.15, -0.1) is 0 Å². The lowest BCUT2D eigenvalue weighted by atomic mass is 9.92. The standard InChI is InChI=1S/C16H20N4O/c1-12-11-13(7-9-17-12)16(21)19-14-3-5-15(6-4-14)20-10-2-8-18-20/h2-6,8,10,12-13,17H,7,9,11H2,1H3,(H,19,21). The molecule has 0 saturated carbocycles. The highest BCUT2D eigenvalue weighted by molar-refractivity contribution is 5.92. The molecule has 2 unspecified atom stereocenters. The van der Waals surface area contributed by atoms with Crippen LogP contribution in [0.15, 0.2) is 42.7 Å². The van der Waals surface area contributed by atoms with Crippen molar-refractivity contribution in [2.24, 2.45) is 5.92 Å². The second-order valence-corrected chi connectivity index (χ2v) is 5.56. The van der Waals surface area contributed by atoms with Crippen molar-refractivity contribution in [3.8, 4) is 5.69 Å². The first-order valence-electron chi connectivity index (χ1n) is 7.37. The molecule has 3 rings (SSSR count). The largest absolute Gasteiger partial charge is 0.326 e. The molecule has 5 heteroatoms. The van der Waals surface area contributed by atoms with Crippen LogP contribution in [0.25, 0.3) is 5.69 Å². The summed E-state index contributed by atoms with van der Waals surface area (Å²) in [5.41, 5.74) is 1.82. The number of hydrogen-bond donors (Lipinski definition) is 2. The highest BCUT2D eigenvalue weighted by Crippen LogP contribution is 2.19. The minimum atomic E-state index is 0.104. The highest BCUT2D eigenvalue weighted by atomic mass is 16.1. The van der Waals surface area contributed by atoms with Crippen molar-refractivity contribution in [1.29, 1.82) is 0 Å². The van der Waals surface area contributed by atoms with Crippen LogP contribution in [0, 0.1) is 5.92 Å². The van der Waals surface area contributed by atoms with Crippen LogP contribution in [-0.4, -0.2) is 28.3 Å². The fourth-order valence-corrected chi connectivity index (χ4v) is 2.73. The Kier molecular flexibility index (Phi) is 4.01. The van der Waals surface area contributed by atoms with Crippen molar-refractivity contribution in [1.82, 2.24) is 15.1 Å². The number of anilines is 1. The summed E-state index contributed by atoms with van der Waals surface area (Å²) < 4.78 is 1.79. The second-order valence-electron chi connectivity index (χ2n) is 5.56. The molecule has 1 saturated heterocycles. The number of benzene rings is 1. The van der Waals surface area contributed by atoms with Crippen LogP contribution < -0.4 is 10.6 Å². The third kappa shape index (κ3) is 3.31. The van der Waals surface area contributed by atoms with Gasteiger partial charge in [-0.3, -0.25) is 4.79 Å². The van der Waals surface area contributed by atoms with Crippen molar-refractivity contribution in [2.45, 2.75) is 25.8 Å². The van der Waals surface area contributed by atoms with Crippen LogP contribution >= 0.6 is 0 Å². The van der Waals surface area contributed by atoms with Crippen molar-refractivity contribution in [3.05, 3.63) is 42.7 Å². The Morgan fingerprint density at radius 2 is 2.19 bits per heavy atom. The smallest absolute Gasteiger partial charge is 0.227 e. The molecule has 0 bridgehead atoms. The predicted molar refractivity (Wildman–Crippen MR) is 82.4 cm³/mol. The van der Waals surface area contributed by atoms with Crippen molar-refractivity contribution in [2.75, 3.05) is 11.9 Å². The summed E-state index contributed by atoms with van der Waals surface area (Å²) in [5.74, 6) is 0.224. The third-order valence-corrected chi connectivity index (χ3v) is 3.90. The van der Waals surface area contributed by atoms with E-state index in [1.807, 2.05) is 36.5 Å². The maximum Gasteiger partial charge on any atom is 0.227 e. The Morgan fingerprint density at radius 1 is 1.38 bits per heavy atom. The van der Waals surface area contributed by atoms with Gasteiger partial charge in [0.2, 0.25) is 5.91 Å².